The Hall–Kier alpha value is -1.08. The Morgan fingerprint density at radius 2 is 1.76 bits per heavy atom. The van der Waals surface area contributed by atoms with E-state index in [1.54, 1.807) is 18.3 Å². The van der Waals surface area contributed by atoms with Gasteiger partial charge in [-0.3, -0.25) is 4.68 Å². The van der Waals surface area contributed by atoms with Gasteiger partial charge in [0.25, 0.3) is 0 Å². The summed E-state index contributed by atoms with van der Waals surface area (Å²) >= 11 is 0. The van der Waals surface area contributed by atoms with Crippen LogP contribution in [-0.4, -0.2) is 35.6 Å². The van der Waals surface area contributed by atoms with Gasteiger partial charge in [-0.25, -0.2) is 8.42 Å². The second kappa shape index (κ2) is 5.61. The van der Waals surface area contributed by atoms with Gasteiger partial charge < -0.3 is 5.73 Å². The van der Waals surface area contributed by atoms with Gasteiger partial charge >= 0.3 is 0 Å². The molecule has 0 amide bonds. The predicted molar refractivity (Wildman–Crippen MR) is 83.4 cm³/mol. The van der Waals surface area contributed by atoms with E-state index in [1.165, 1.54) is 4.68 Å². The third-order valence-corrected chi connectivity index (χ3v) is 7.25. The van der Waals surface area contributed by atoms with Gasteiger partial charge in [-0.2, -0.15) is 9.40 Å². The van der Waals surface area contributed by atoms with Gasteiger partial charge in [0.15, 0.2) is 5.82 Å². The Bertz CT molecular complexity index is 607. The summed E-state index contributed by atoms with van der Waals surface area (Å²) in [6.45, 7) is 7.26. The lowest BCUT2D eigenvalue weighted by atomic mass is 9.75. The van der Waals surface area contributed by atoms with Crippen molar-refractivity contribution in [2.75, 3.05) is 18.8 Å². The molecule has 1 aliphatic rings. The van der Waals surface area contributed by atoms with Crippen molar-refractivity contribution < 1.29 is 8.42 Å². The summed E-state index contributed by atoms with van der Waals surface area (Å²) < 4.78 is 28.7. The van der Waals surface area contributed by atoms with E-state index in [9.17, 15) is 8.42 Å². The molecule has 2 heterocycles. The highest BCUT2D eigenvalue weighted by atomic mass is 32.2. The first-order valence-electron chi connectivity index (χ1n) is 7.56. The lowest BCUT2D eigenvalue weighted by Gasteiger charge is -2.40. The molecule has 0 unspecified atom stereocenters. The molecule has 21 heavy (non-hydrogen) atoms. The fourth-order valence-corrected chi connectivity index (χ4v) is 4.95. The van der Waals surface area contributed by atoms with Crippen molar-refractivity contribution in [3.63, 3.8) is 0 Å². The molecule has 1 aromatic rings. The number of rotatable bonds is 4. The molecule has 0 aliphatic carbocycles. The Morgan fingerprint density at radius 1 is 1.24 bits per heavy atom. The average Bonchev–Trinajstić information content (AvgIpc) is 2.72. The third kappa shape index (κ3) is 2.68. The van der Waals surface area contributed by atoms with E-state index in [0.29, 0.717) is 24.2 Å². The molecule has 6 nitrogen and oxygen atoms in total. The van der Waals surface area contributed by atoms with Gasteiger partial charge in [0.2, 0.25) is 10.0 Å². The maximum absolute atomic E-state index is 12.8. The van der Waals surface area contributed by atoms with Crippen LogP contribution in [0.25, 0.3) is 0 Å². The average molecular weight is 314 g/mol. The van der Waals surface area contributed by atoms with Gasteiger partial charge in [0, 0.05) is 20.1 Å². The number of sulfonamides is 1. The Kier molecular flexibility index (Phi) is 4.35. The summed E-state index contributed by atoms with van der Waals surface area (Å²) in [5.74, 6) is 0.0952. The van der Waals surface area contributed by atoms with Crippen LogP contribution in [0.2, 0.25) is 0 Å². The summed E-state index contributed by atoms with van der Waals surface area (Å²) in [5.41, 5.74) is 6.69. The van der Waals surface area contributed by atoms with Crippen LogP contribution < -0.4 is 5.73 Å². The van der Waals surface area contributed by atoms with E-state index >= 15 is 0 Å². The minimum absolute atomic E-state index is 0.0952. The summed E-state index contributed by atoms with van der Waals surface area (Å²) in [4.78, 5) is 0.172. The standard InChI is InChI=1S/C14H26N4O2S/c1-5-14(6-2)7-9-18(10-8-14)21(19,20)12-11(3)17(4)16-13(12)15/h5-10H2,1-4H3,(H2,15,16). The van der Waals surface area contributed by atoms with Crippen LogP contribution in [0.1, 0.15) is 45.2 Å². The lowest BCUT2D eigenvalue weighted by molar-refractivity contribution is 0.141. The second-order valence-electron chi connectivity index (χ2n) is 6.03. The largest absolute Gasteiger partial charge is 0.381 e. The van der Waals surface area contributed by atoms with E-state index in [0.717, 1.165) is 25.7 Å². The van der Waals surface area contributed by atoms with Gasteiger partial charge in [0.1, 0.15) is 4.90 Å². The monoisotopic (exact) mass is 314 g/mol. The minimum atomic E-state index is -3.54. The van der Waals surface area contributed by atoms with Crippen LogP contribution in [0, 0.1) is 12.3 Å². The van der Waals surface area contributed by atoms with Crippen LogP contribution in [0.4, 0.5) is 5.82 Å². The number of nitrogen functional groups attached to an aromatic ring is 1. The van der Waals surface area contributed by atoms with Crippen molar-refractivity contribution >= 4 is 15.8 Å². The summed E-state index contributed by atoms with van der Waals surface area (Å²) in [6.07, 6.45) is 4.04. The number of nitrogens with zero attached hydrogens (tertiary/aromatic N) is 3. The molecule has 120 valence electrons. The molecule has 0 saturated carbocycles. The SMILES string of the molecule is CCC1(CC)CCN(S(=O)(=O)c2c(N)nn(C)c2C)CC1. The molecule has 7 heteroatoms. The Labute approximate surface area is 127 Å². The molecule has 1 aliphatic heterocycles. The molecule has 0 spiro atoms. The smallest absolute Gasteiger partial charge is 0.248 e. The molecule has 1 fully saturated rings. The van der Waals surface area contributed by atoms with Crippen LogP contribution in [0.5, 0.6) is 0 Å². The molecule has 0 atom stereocenters. The van der Waals surface area contributed by atoms with Crippen molar-refractivity contribution in [3.8, 4) is 0 Å². The first-order valence-corrected chi connectivity index (χ1v) is 9.00. The molecular formula is C14H26N4O2S. The molecule has 0 aromatic carbocycles. The maximum Gasteiger partial charge on any atom is 0.248 e. The van der Waals surface area contributed by atoms with Crippen molar-refractivity contribution in [2.24, 2.45) is 12.5 Å². The number of piperidine rings is 1. The van der Waals surface area contributed by atoms with Crippen molar-refractivity contribution in [1.29, 1.82) is 0 Å². The number of aromatic nitrogens is 2. The Balaban J connectivity index is 2.27. The Morgan fingerprint density at radius 3 is 2.14 bits per heavy atom. The summed E-state index contributed by atoms with van der Waals surface area (Å²) in [6, 6.07) is 0. The van der Waals surface area contributed by atoms with Gasteiger partial charge in [-0.15, -0.1) is 0 Å². The number of hydrogen-bond donors (Lipinski definition) is 1. The summed E-state index contributed by atoms with van der Waals surface area (Å²) in [7, 11) is -1.84. The van der Waals surface area contributed by atoms with Crippen LogP contribution in [0.15, 0.2) is 4.90 Å². The zero-order chi connectivity index (χ0) is 15.8. The fraction of sp³-hybridized carbons (Fsp3) is 0.786. The normalized spacial score (nSPS) is 19.8. The van der Waals surface area contributed by atoms with Crippen LogP contribution in [-0.2, 0) is 17.1 Å². The highest BCUT2D eigenvalue weighted by molar-refractivity contribution is 7.89. The first kappa shape index (κ1) is 16.3. The molecule has 0 radical (unpaired) electrons. The lowest BCUT2D eigenvalue weighted by Crippen LogP contribution is -2.43. The van der Waals surface area contributed by atoms with E-state index < -0.39 is 10.0 Å². The predicted octanol–water partition coefficient (Wildman–Crippen LogP) is 1.90. The maximum atomic E-state index is 12.8. The topological polar surface area (TPSA) is 81.2 Å². The van der Waals surface area contributed by atoms with Crippen molar-refractivity contribution in [2.45, 2.75) is 51.3 Å². The van der Waals surface area contributed by atoms with Gasteiger partial charge in [-0.05, 0) is 25.2 Å². The number of aryl methyl sites for hydroxylation is 1. The van der Waals surface area contributed by atoms with Crippen molar-refractivity contribution in [3.05, 3.63) is 5.69 Å². The van der Waals surface area contributed by atoms with Gasteiger partial charge in [0.05, 0.1) is 5.69 Å². The highest BCUT2D eigenvalue weighted by Gasteiger charge is 2.38. The van der Waals surface area contributed by atoms with Gasteiger partial charge in [-0.1, -0.05) is 26.7 Å². The second-order valence-corrected chi connectivity index (χ2v) is 7.91. The minimum Gasteiger partial charge on any atom is -0.381 e. The number of anilines is 1. The molecule has 2 N–H and O–H groups in total. The van der Waals surface area contributed by atoms with Crippen LogP contribution in [0.3, 0.4) is 0 Å². The quantitative estimate of drug-likeness (QED) is 0.920. The van der Waals surface area contributed by atoms with E-state index in [2.05, 4.69) is 18.9 Å². The third-order valence-electron chi connectivity index (χ3n) is 5.19. The molecule has 0 bridgehead atoms. The zero-order valence-corrected chi connectivity index (χ0v) is 14.2. The molecule has 1 saturated heterocycles. The van der Waals surface area contributed by atoms with E-state index in [-0.39, 0.29) is 10.7 Å². The zero-order valence-electron chi connectivity index (χ0n) is 13.4. The molecule has 1 aromatic heterocycles. The number of nitrogens with two attached hydrogens (primary N) is 1. The van der Waals surface area contributed by atoms with Crippen molar-refractivity contribution in [1.82, 2.24) is 14.1 Å². The van der Waals surface area contributed by atoms with E-state index in [4.69, 9.17) is 5.73 Å². The van der Waals surface area contributed by atoms with Crippen LogP contribution >= 0.6 is 0 Å². The first-order chi connectivity index (χ1) is 9.77. The number of hydrogen-bond acceptors (Lipinski definition) is 4. The fourth-order valence-electron chi connectivity index (χ4n) is 3.22. The molecular weight excluding hydrogens is 288 g/mol. The van der Waals surface area contributed by atoms with E-state index in [1.807, 2.05) is 0 Å². The highest BCUT2D eigenvalue weighted by Crippen LogP contribution is 2.39. The summed E-state index contributed by atoms with van der Waals surface area (Å²) in [5, 5.41) is 4.02. The molecule has 2 rings (SSSR count).